The number of ether oxygens (including phenoxy) is 1. The normalized spacial score (nSPS) is 20.5. The van der Waals surface area contributed by atoms with Crippen LogP contribution in [-0.4, -0.2) is 37.3 Å². The van der Waals surface area contributed by atoms with E-state index < -0.39 is 10.0 Å². The van der Waals surface area contributed by atoms with Crippen LogP contribution in [0.1, 0.15) is 74.3 Å². The molecule has 0 bridgehead atoms. The number of rotatable bonds is 6. The second-order valence-corrected chi connectivity index (χ2v) is 11.2. The van der Waals surface area contributed by atoms with Gasteiger partial charge in [-0.2, -0.15) is 4.31 Å². The smallest absolute Gasteiger partial charge is 0.251 e. The van der Waals surface area contributed by atoms with Crippen molar-refractivity contribution in [3.8, 4) is 5.75 Å². The molecule has 0 aromatic heterocycles. The highest BCUT2D eigenvalue weighted by Crippen LogP contribution is 2.42. The number of fused-ring (bicyclic) bond motifs is 1. The molecule has 33 heavy (non-hydrogen) atoms. The summed E-state index contributed by atoms with van der Waals surface area (Å²) >= 11 is 6.28. The maximum Gasteiger partial charge on any atom is 0.251 e. The van der Waals surface area contributed by atoms with Crippen LogP contribution in [0.4, 0.5) is 0 Å². The van der Waals surface area contributed by atoms with Crippen molar-refractivity contribution in [2.75, 3.05) is 13.1 Å². The van der Waals surface area contributed by atoms with E-state index in [9.17, 15) is 13.2 Å². The molecule has 2 aromatic rings. The molecule has 178 valence electrons. The summed E-state index contributed by atoms with van der Waals surface area (Å²) < 4.78 is 34.2. The number of carbonyl (C=O) groups is 1. The van der Waals surface area contributed by atoms with Crippen molar-refractivity contribution in [3.63, 3.8) is 0 Å². The Labute approximate surface area is 201 Å². The minimum absolute atomic E-state index is 0.0115. The van der Waals surface area contributed by atoms with Gasteiger partial charge in [0.25, 0.3) is 5.91 Å². The van der Waals surface area contributed by atoms with Gasteiger partial charge < -0.3 is 10.1 Å². The molecular weight excluding hydrogens is 460 g/mol. The number of sulfonamides is 1. The fourth-order valence-electron chi connectivity index (χ4n) is 4.76. The van der Waals surface area contributed by atoms with Crippen LogP contribution in [0.5, 0.6) is 5.75 Å². The third-order valence-electron chi connectivity index (χ3n) is 6.92. The van der Waals surface area contributed by atoms with Gasteiger partial charge in [-0.3, -0.25) is 4.79 Å². The zero-order valence-corrected chi connectivity index (χ0v) is 20.7. The van der Waals surface area contributed by atoms with Gasteiger partial charge in [-0.25, -0.2) is 8.42 Å². The first-order chi connectivity index (χ1) is 15.8. The molecule has 1 atom stereocenters. The molecule has 2 aromatic carbocycles. The lowest BCUT2D eigenvalue weighted by Gasteiger charge is -2.41. The van der Waals surface area contributed by atoms with Crippen molar-refractivity contribution in [3.05, 3.63) is 58.6 Å². The van der Waals surface area contributed by atoms with Crippen LogP contribution in [-0.2, 0) is 10.0 Å². The quantitative estimate of drug-likeness (QED) is 0.594. The number of para-hydroxylation sites is 1. The van der Waals surface area contributed by atoms with Crippen molar-refractivity contribution in [1.82, 2.24) is 9.62 Å². The van der Waals surface area contributed by atoms with E-state index in [0.29, 0.717) is 19.5 Å². The molecule has 1 amide bonds. The predicted molar refractivity (Wildman–Crippen MR) is 129 cm³/mol. The van der Waals surface area contributed by atoms with Gasteiger partial charge in [0.15, 0.2) is 0 Å². The monoisotopic (exact) mass is 490 g/mol. The van der Waals surface area contributed by atoms with Gasteiger partial charge >= 0.3 is 0 Å². The Bertz CT molecular complexity index is 1120. The first-order valence-corrected chi connectivity index (χ1v) is 13.5. The Kier molecular flexibility index (Phi) is 7.03. The topological polar surface area (TPSA) is 75.7 Å². The van der Waals surface area contributed by atoms with Gasteiger partial charge in [-0.15, -0.1) is 0 Å². The molecule has 0 radical (unpaired) electrons. The lowest BCUT2D eigenvalue weighted by molar-refractivity contribution is 0.0227. The third kappa shape index (κ3) is 4.77. The average Bonchev–Trinajstić information content (AvgIpc) is 2.84. The van der Waals surface area contributed by atoms with Crippen molar-refractivity contribution < 1.29 is 17.9 Å². The minimum atomic E-state index is -3.76. The van der Waals surface area contributed by atoms with E-state index in [1.165, 1.54) is 16.4 Å². The van der Waals surface area contributed by atoms with Gasteiger partial charge in [-0.1, -0.05) is 50.1 Å². The fraction of sp³-hybridized carbons (Fsp3) is 0.480. The van der Waals surface area contributed by atoms with Gasteiger partial charge in [0.05, 0.1) is 11.1 Å². The lowest BCUT2D eigenvalue weighted by atomic mass is 9.83. The summed E-state index contributed by atoms with van der Waals surface area (Å²) in [6.07, 6.45) is 4.97. The number of amides is 1. The van der Waals surface area contributed by atoms with Crippen molar-refractivity contribution in [2.24, 2.45) is 0 Å². The van der Waals surface area contributed by atoms with Crippen LogP contribution in [0.2, 0.25) is 5.02 Å². The third-order valence-corrected chi connectivity index (χ3v) is 9.30. The fourth-order valence-corrected chi connectivity index (χ4v) is 6.78. The molecule has 4 rings (SSSR count). The van der Waals surface area contributed by atoms with E-state index in [1.807, 2.05) is 24.3 Å². The summed E-state index contributed by atoms with van der Waals surface area (Å²) in [6.45, 7) is 5.13. The molecule has 0 spiro atoms. The van der Waals surface area contributed by atoms with Crippen LogP contribution < -0.4 is 10.1 Å². The van der Waals surface area contributed by atoms with Gasteiger partial charge in [0, 0.05) is 30.6 Å². The Morgan fingerprint density at radius 2 is 1.82 bits per heavy atom. The van der Waals surface area contributed by atoms with Crippen LogP contribution in [0.15, 0.2) is 47.4 Å². The summed E-state index contributed by atoms with van der Waals surface area (Å²) in [5.41, 5.74) is 0.853. The van der Waals surface area contributed by atoms with Gasteiger partial charge in [0.2, 0.25) is 10.0 Å². The number of hydrogen-bond acceptors (Lipinski definition) is 4. The first-order valence-electron chi connectivity index (χ1n) is 11.7. The molecule has 1 N–H and O–H groups in total. The maximum atomic E-state index is 13.3. The Hall–Kier alpha value is -2.09. The molecule has 0 saturated carbocycles. The summed E-state index contributed by atoms with van der Waals surface area (Å²) in [5.74, 6) is 0.451. The Balaban J connectivity index is 1.62. The van der Waals surface area contributed by atoms with E-state index in [1.54, 1.807) is 6.07 Å². The summed E-state index contributed by atoms with van der Waals surface area (Å²) in [6, 6.07) is 12.0. The van der Waals surface area contributed by atoms with Crippen LogP contribution in [0.3, 0.4) is 0 Å². The Morgan fingerprint density at radius 3 is 2.52 bits per heavy atom. The highest BCUT2D eigenvalue weighted by molar-refractivity contribution is 7.89. The zero-order chi connectivity index (χ0) is 23.6. The minimum Gasteiger partial charge on any atom is -0.487 e. The van der Waals surface area contributed by atoms with Crippen LogP contribution in [0.25, 0.3) is 0 Å². The predicted octanol–water partition coefficient (Wildman–Crippen LogP) is 5.33. The van der Waals surface area contributed by atoms with E-state index in [4.69, 9.17) is 16.3 Å². The van der Waals surface area contributed by atoms with Gasteiger partial charge in [-0.05, 0) is 49.9 Å². The molecule has 2 aliphatic heterocycles. The number of nitrogens with one attached hydrogen (secondary N) is 1. The number of halogens is 1. The van der Waals surface area contributed by atoms with Crippen LogP contribution >= 0.6 is 11.6 Å². The van der Waals surface area contributed by atoms with Gasteiger partial charge in [0.1, 0.15) is 16.2 Å². The van der Waals surface area contributed by atoms with Crippen molar-refractivity contribution >= 4 is 27.5 Å². The second kappa shape index (κ2) is 9.65. The van der Waals surface area contributed by atoms with E-state index >= 15 is 0 Å². The Morgan fingerprint density at radius 1 is 1.12 bits per heavy atom. The molecular formula is C25H31ClN2O4S. The molecule has 0 unspecified atom stereocenters. The van der Waals surface area contributed by atoms with E-state index in [2.05, 4.69) is 19.2 Å². The summed E-state index contributed by atoms with van der Waals surface area (Å²) in [7, 11) is -3.76. The first kappa shape index (κ1) is 24.0. The second-order valence-electron chi connectivity index (χ2n) is 8.87. The molecule has 6 nitrogen and oxygen atoms in total. The number of hydrogen-bond donors (Lipinski definition) is 1. The number of benzene rings is 2. The largest absolute Gasteiger partial charge is 0.487 e. The lowest BCUT2D eigenvalue weighted by Crippen LogP contribution is -2.44. The zero-order valence-electron chi connectivity index (χ0n) is 19.1. The maximum absolute atomic E-state index is 13.3. The van der Waals surface area contributed by atoms with Crippen molar-refractivity contribution in [2.45, 2.75) is 68.9 Å². The molecule has 2 heterocycles. The average molecular weight is 491 g/mol. The molecule has 1 fully saturated rings. The summed E-state index contributed by atoms with van der Waals surface area (Å²) in [4.78, 5) is 13.3. The van der Waals surface area contributed by atoms with Crippen LogP contribution in [0, 0.1) is 0 Å². The number of piperidine rings is 1. The molecule has 0 aliphatic carbocycles. The van der Waals surface area contributed by atoms with Crippen molar-refractivity contribution in [1.29, 1.82) is 0 Å². The number of carbonyl (C=O) groups excluding carboxylic acids is 1. The summed E-state index contributed by atoms with van der Waals surface area (Å²) in [5, 5.41) is 3.25. The molecule has 2 aliphatic rings. The van der Waals surface area contributed by atoms with E-state index in [-0.39, 0.29) is 33.0 Å². The SMILES string of the molecule is CCC1(CC)C[C@H](NC(=O)c2ccc(Cl)c(S(=O)(=O)N3CCCCC3)c2)c2ccccc2O1. The standard InChI is InChI=1S/C25H31ClN2O4S/c1-3-25(4-2)17-21(19-10-6-7-11-22(19)32-25)27-24(29)18-12-13-20(26)23(16-18)33(30,31)28-14-8-5-9-15-28/h6-7,10-13,16,21H,3-5,8-9,14-15,17H2,1-2H3,(H,27,29)/t21-/m0/s1. The highest BCUT2D eigenvalue weighted by Gasteiger charge is 2.39. The highest BCUT2D eigenvalue weighted by atomic mass is 35.5. The number of nitrogens with zero attached hydrogens (tertiary/aromatic N) is 1. The molecule has 8 heteroatoms. The van der Waals surface area contributed by atoms with E-state index in [0.717, 1.165) is 43.4 Å². The molecule has 1 saturated heterocycles.